The molecule has 1 amide bonds. The molecule has 2 aromatic carbocycles. The summed E-state index contributed by atoms with van der Waals surface area (Å²) in [5.74, 6) is 1.80. The third-order valence-electron chi connectivity index (χ3n) is 4.31. The lowest BCUT2D eigenvalue weighted by Crippen LogP contribution is -2.34. The summed E-state index contributed by atoms with van der Waals surface area (Å²) in [6.45, 7) is 1.93. The van der Waals surface area contributed by atoms with Crippen LogP contribution in [0.3, 0.4) is 0 Å². The van der Waals surface area contributed by atoms with Crippen molar-refractivity contribution >= 4 is 16.9 Å². The number of rotatable bonds is 7. The summed E-state index contributed by atoms with van der Waals surface area (Å²) in [6.07, 6.45) is 0.579. The van der Waals surface area contributed by atoms with Crippen LogP contribution in [-0.4, -0.2) is 33.3 Å². The van der Waals surface area contributed by atoms with Gasteiger partial charge in [-0.3, -0.25) is 4.79 Å². The van der Waals surface area contributed by atoms with Crippen molar-refractivity contribution in [2.75, 3.05) is 21.3 Å². The molecule has 1 atom stereocenters. The topological polar surface area (TPSA) is 69.9 Å². The molecule has 27 heavy (non-hydrogen) atoms. The van der Waals surface area contributed by atoms with E-state index in [1.165, 1.54) is 21.3 Å². The van der Waals surface area contributed by atoms with Crippen molar-refractivity contribution in [3.8, 4) is 17.2 Å². The number of hydrogen-bond donors (Lipinski definition) is 1. The van der Waals surface area contributed by atoms with Crippen molar-refractivity contribution in [3.63, 3.8) is 0 Å². The molecule has 0 aliphatic carbocycles. The molecule has 0 aliphatic heterocycles. The highest BCUT2D eigenvalue weighted by Crippen LogP contribution is 2.39. The van der Waals surface area contributed by atoms with Gasteiger partial charge in [0.15, 0.2) is 11.5 Å². The van der Waals surface area contributed by atoms with Gasteiger partial charge in [0.25, 0.3) is 5.91 Å². The minimum atomic E-state index is -0.253. The third kappa shape index (κ3) is 3.84. The monoisotopic (exact) mass is 369 g/mol. The number of para-hydroxylation sites is 1. The molecule has 0 fully saturated rings. The smallest absolute Gasteiger partial charge is 0.255 e. The van der Waals surface area contributed by atoms with Crippen LogP contribution in [0.5, 0.6) is 17.2 Å². The van der Waals surface area contributed by atoms with Crippen molar-refractivity contribution in [3.05, 3.63) is 53.8 Å². The molecule has 1 heterocycles. The molecule has 142 valence electrons. The van der Waals surface area contributed by atoms with E-state index in [2.05, 4.69) is 5.32 Å². The van der Waals surface area contributed by atoms with Gasteiger partial charge in [0.1, 0.15) is 11.3 Å². The van der Waals surface area contributed by atoms with Gasteiger partial charge in [-0.2, -0.15) is 0 Å². The van der Waals surface area contributed by atoms with E-state index < -0.39 is 0 Å². The lowest BCUT2D eigenvalue weighted by Gasteiger charge is -2.17. The summed E-state index contributed by atoms with van der Waals surface area (Å²) < 4.78 is 21.8. The minimum absolute atomic E-state index is 0.129. The molecule has 6 heteroatoms. The molecule has 1 N–H and O–H groups in total. The highest BCUT2D eigenvalue weighted by molar-refractivity contribution is 5.98. The maximum atomic E-state index is 12.7. The minimum Gasteiger partial charge on any atom is -0.493 e. The van der Waals surface area contributed by atoms with Crippen LogP contribution in [0.1, 0.15) is 23.0 Å². The van der Waals surface area contributed by atoms with Crippen molar-refractivity contribution in [2.45, 2.75) is 19.4 Å². The van der Waals surface area contributed by atoms with Gasteiger partial charge >= 0.3 is 0 Å². The lowest BCUT2D eigenvalue weighted by atomic mass is 10.1. The van der Waals surface area contributed by atoms with Gasteiger partial charge in [-0.1, -0.05) is 18.2 Å². The molecular weight excluding hydrogens is 346 g/mol. The molecule has 6 nitrogen and oxygen atoms in total. The predicted octanol–water partition coefficient (Wildman–Crippen LogP) is 3.82. The molecule has 0 spiro atoms. The Morgan fingerprint density at radius 1 is 1.04 bits per heavy atom. The normalized spacial score (nSPS) is 11.9. The standard InChI is InChI=1S/C21H23NO5/c1-13(11-15-12-14-7-5-6-8-17(14)27-15)22-21(23)16-9-10-18(24-2)20(26-4)19(16)25-3/h5-10,12-13H,11H2,1-4H3,(H,22,23)/t13-/m1/s1. The van der Waals surface area contributed by atoms with E-state index in [4.69, 9.17) is 18.6 Å². The quantitative estimate of drug-likeness (QED) is 0.686. The van der Waals surface area contributed by atoms with Gasteiger partial charge in [0.2, 0.25) is 5.75 Å². The van der Waals surface area contributed by atoms with Crippen molar-refractivity contribution in [1.82, 2.24) is 5.32 Å². The number of amides is 1. The molecule has 3 rings (SSSR count). The first kappa shape index (κ1) is 18.6. The van der Waals surface area contributed by atoms with E-state index in [-0.39, 0.29) is 11.9 Å². The summed E-state index contributed by atoms with van der Waals surface area (Å²) in [5, 5.41) is 4.03. The number of furan rings is 1. The van der Waals surface area contributed by atoms with E-state index in [0.717, 1.165) is 16.7 Å². The Morgan fingerprint density at radius 2 is 1.78 bits per heavy atom. The second-order valence-electron chi connectivity index (χ2n) is 6.21. The van der Waals surface area contributed by atoms with Crippen LogP contribution in [0.2, 0.25) is 0 Å². The summed E-state index contributed by atoms with van der Waals surface area (Å²) in [7, 11) is 4.53. The number of hydrogen-bond acceptors (Lipinski definition) is 5. The Labute approximate surface area is 158 Å². The van der Waals surface area contributed by atoms with Crippen LogP contribution < -0.4 is 19.5 Å². The zero-order valence-electron chi connectivity index (χ0n) is 15.9. The third-order valence-corrected chi connectivity index (χ3v) is 4.31. The first-order valence-corrected chi connectivity index (χ1v) is 8.64. The Hall–Kier alpha value is -3.15. The summed E-state index contributed by atoms with van der Waals surface area (Å²) in [5.41, 5.74) is 1.22. The molecule has 0 unspecified atom stereocenters. The summed E-state index contributed by atoms with van der Waals surface area (Å²) >= 11 is 0. The second kappa shape index (κ2) is 8.03. The van der Waals surface area contributed by atoms with Gasteiger partial charge in [0.05, 0.1) is 26.9 Å². The van der Waals surface area contributed by atoms with Crippen molar-refractivity contribution in [1.29, 1.82) is 0 Å². The number of benzene rings is 2. The molecular formula is C21H23NO5. The zero-order chi connectivity index (χ0) is 19.4. The van der Waals surface area contributed by atoms with Crippen LogP contribution in [0.15, 0.2) is 46.9 Å². The Balaban J connectivity index is 1.76. The fourth-order valence-corrected chi connectivity index (χ4v) is 3.07. The number of fused-ring (bicyclic) bond motifs is 1. The SMILES string of the molecule is COc1ccc(C(=O)N[C@H](C)Cc2cc3ccccc3o2)c(OC)c1OC. The van der Waals surface area contributed by atoms with Gasteiger partial charge in [-0.05, 0) is 31.2 Å². The Bertz CT molecular complexity index is 914. The number of ether oxygens (including phenoxy) is 3. The van der Waals surface area contributed by atoms with E-state index in [0.29, 0.717) is 29.2 Å². The average Bonchev–Trinajstić information content (AvgIpc) is 3.08. The Kier molecular flexibility index (Phi) is 5.54. The lowest BCUT2D eigenvalue weighted by molar-refractivity contribution is 0.0935. The second-order valence-corrected chi connectivity index (χ2v) is 6.21. The van der Waals surface area contributed by atoms with Gasteiger partial charge < -0.3 is 23.9 Å². The fourth-order valence-electron chi connectivity index (χ4n) is 3.07. The molecule has 0 radical (unpaired) electrons. The van der Waals surface area contributed by atoms with E-state index in [9.17, 15) is 4.79 Å². The maximum absolute atomic E-state index is 12.7. The highest BCUT2D eigenvalue weighted by Gasteiger charge is 2.22. The Morgan fingerprint density at radius 3 is 2.44 bits per heavy atom. The molecule has 0 bridgehead atoms. The summed E-state index contributed by atoms with van der Waals surface area (Å²) in [6, 6.07) is 13.0. The first-order valence-electron chi connectivity index (χ1n) is 8.64. The predicted molar refractivity (Wildman–Crippen MR) is 103 cm³/mol. The molecule has 0 aliphatic rings. The van der Waals surface area contributed by atoms with E-state index in [1.807, 2.05) is 37.3 Å². The van der Waals surface area contributed by atoms with Gasteiger partial charge in [0, 0.05) is 17.8 Å². The molecule has 1 aromatic heterocycles. The van der Waals surface area contributed by atoms with Crippen molar-refractivity contribution < 1.29 is 23.4 Å². The number of nitrogens with one attached hydrogen (secondary N) is 1. The zero-order valence-corrected chi connectivity index (χ0v) is 15.9. The summed E-state index contributed by atoms with van der Waals surface area (Å²) in [4.78, 5) is 12.7. The van der Waals surface area contributed by atoms with E-state index >= 15 is 0 Å². The largest absolute Gasteiger partial charge is 0.493 e. The van der Waals surface area contributed by atoms with E-state index in [1.54, 1.807) is 12.1 Å². The van der Waals surface area contributed by atoms with Crippen LogP contribution in [0.25, 0.3) is 11.0 Å². The van der Waals surface area contributed by atoms with Gasteiger partial charge in [-0.25, -0.2) is 0 Å². The number of methoxy groups -OCH3 is 3. The van der Waals surface area contributed by atoms with Crippen LogP contribution in [-0.2, 0) is 6.42 Å². The molecule has 0 saturated carbocycles. The van der Waals surface area contributed by atoms with Crippen LogP contribution in [0.4, 0.5) is 0 Å². The average molecular weight is 369 g/mol. The molecule has 3 aromatic rings. The van der Waals surface area contributed by atoms with Crippen LogP contribution >= 0.6 is 0 Å². The molecule has 0 saturated heterocycles. The fraction of sp³-hybridized carbons (Fsp3) is 0.286. The van der Waals surface area contributed by atoms with Gasteiger partial charge in [-0.15, -0.1) is 0 Å². The van der Waals surface area contributed by atoms with Crippen molar-refractivity contribution in [2.24, 2.45) is 0 Å². The first-order chi connectivity index (χ1) is 13.1. The number of carbonyl (C=O) groups excluding carboxylic acids is 1. The highest BCUT2D eigenvalue weighted by atomic mass is 16.5. The maximum Gasteiger partial charge on any atom is 0.255 e. The number of carbonyl (C=O) groups is 1. The van der Waals surface area contributed by atoms with Crippen LogP contribution in [0, 0.1) is 0 Å².